The molecule has 0 saturated heterocycles. The number of amides is 1. The van der Waals surface area contributed by atoms with Gasteiger partial charge in [-0.15, -0.1) is 0 Å². The second kappa shape index (κ2) is 6.39. The van der Waals surface area contributed by atoms with Gasteiger partial charge in [-0.05, 0) is 26.0 Å². The van der Waals surface area contributed by atoms with E-state index in [0.717, 1.165) is 16.9 Å². The normalized spacial score (nSPS) is 19.2. The average molecular weight is 347 g/mol. The fourth-order valence-electron chi connectivity index (χ4n) is 3.05. The fourth-order valence-corrected chi connectivity index (χ4v) is 4.45. The molecule has 1 amide bonds. The second-order valence-corrected chi connectivity index (χ2v) is 8.31. The van der Waals surface area contributed by atoms with Gasteiger partial charge in [-0.25, -0.2) is 13.4 Å². The molecule has 3 rings (SSSR count). The lowest BCUT2D eigenvalue weighted by Crippen LogP contribution is -2.27. The van der Waals surface area contributed by atoms with Gasteiger partial charge in [0, 0.05) is 23.8 Å². The van der Waals surface area contributed by atoms with Crippen LogP contribution in [-0.4, -0.2) is 29.6 Å². The number of imidazole rings is 1. The number of hydrogen-bond donors (Lipinski definition) is 1. The summed E-state index contributed by atoms with van der Waals surface area (Å²) in [5, 5.41) is 4.06. The molecular formula is C17H21N3O3S. The first-order chi connectivity index (χ1) is 11.4. The number of aromatic nitrogens is 2. The minimum Gasteiger partial charge on any atom is -0.349 e. The third-order valence-corrected chi connectivity index (χ3v) is 5.55. The van der Waals surface area contributed by atoms with Gasteiger partial charge in [0.1, 0.15) is 5.82 Å². The lowest BCUT2D eigenvalue weighted by molar-refractivity contribution is -0.121. The van der Waals surface area contributed by atoms with Crippen molar-refractivity contribution in [2.45, 2.75) is 32.9 Å². The Kier molecular flexibility index (Phi) is 4.45. The summed E-state index contributed by atoms with van der Waals surface area (Å²) in [7, 11) is -3.12. The molecule has 6 nitrogen and oxygen atoms in total. The monoisotopic (exact) mass is 347 g/mol. The van der Waals surface area contributed by atoms with Crippen LogP contribution in [0.25, 0.3) is 11.0 Å². The summed E-state index contributed by atoms with van der Waals surface area (Å²) in [6.07, 6.45) is 1.77. The standard InChI is InChI=1S/C17H21N3O3S/c1-12(2)20-15-6-4-3-5-14(15)19-16(20)10-18-17(21)9-13-7-8-24(22,23)11-13/h3-8,12-13H,9-11H2,1-2H3,(H,18,21). The van der Waals surface area contributed by atoms with E-state index in [1.807, 2.05) is 24.3 Å². The largest absolute Gasteiger partial charge is 0.349 e. The van der Waals surface area contributed by atoms with Crippen molar-refractivity contribution in [1.82, 2.24) is 14.9 Å². The van der Waals surface area contributed by atoms with E-state index in [-0.39, 0.29) is 30.0 Å². The molecule has 1 N–H and O–H groups in total. The van der Waals surface area contributed by atoms with Crippen molar-refractivity contribution in [3.05, 3.63) is 41.6 Å². The predicted molar refractivity (Wildman–Crippen MR) is 93.0 cm³/mol. The maximum absolute atomic E-state index is 12.1. The molecule has 0 radical (unpaired) electrons. The van der Waals surface area contributed by atoms with Gasteiger partial charge in [0.15, 0.2) is 9.84 Å². The van der Waals surface area contributed by atoms with Gasteiger partial charge >= 0.3 is 0 Å². The molecule has 128 valence electrons. The molecule has 2 aromatic rings. The number of benzene rings is 1. The summed E-state index contributed by atoms with van der Waals surface area (Å²) >= 11 is 0. The lowest BCUT2D eigenvalue weighted by Gasteiger charge is -2.14. The fraction of sp³-hybridized carbons (Fsp3) is 0.412. The first-order valence-electron chi connectivity index (χ1n) is 7.99. The Bertz CT molecular complexity index is 897. The van der Waals surface area contributed by atoms with E-state index < -0.39 is 9.84 Å². The van der Waals surface area contributed by atoms with Crippen molar-refractivity contribution in [2.75, 3.05) is 5.75 Å². The van der Waals surface area contributed by atoms with Crippen LogP contribution in [0.4, 0.5) is 0 Å². The van der Waals surface area contributed by atoms with E-state index in [2.05, 4.69) is 28.7 Å². The van der Waals surface area contributed by atoms with Crippen molar-refractivity contribution >= 4 is 26.8 Å². The minimum atomic E-state index is -3.12. The molecule has 0 spiro atoms. The van der Waals surface area contributed by atoms with E-state index in [1.165, 1.54) is 5.41 Å². The summed E-state index contributed by atoms with van der Waals surface area (Å²) in [5.74, 6) is 0.419. The molecule has 2 heterocycles. The molecule has 1 aromatic heterocycles. The van der Waals surface area contributed by atoms with E-state index in [0.29, 0.717) is 6.54 Å². The van der Waals surface area contributed by atoms with Crippen molar-refractivity contribution in [3.63, 3.8) is 0 Å². The highest BCUT2D eigenvalue weighted by molar-refractivity contribution is 7.94. The highest BCUT2D eigenvalue weighted by atomic mass is 32.2. The summed E-state index contributed by atoms with van der Waals surface area (Å²) in [6, 6.07) is 8.11. The molecule has 24 heavy (non-hydrogen) atoms. The summed E-state index contributed by atoms with van der Waals surface area (Å²) in [5.41, 5.74) is 1.95. The van der Waals surface area contributed by atoms with E-state index in [4.69, 9.17) is 0 Å². The first kappa shape index (κ1) is 16.7. The molecule has 7 heteroatoms. The van der Waals surface area contributed by atoms with Gasteiger partial charge in [-0.2, -0.15) is 0 Å². The Labute approximate surface area is 141 Å². The molecule has 1 aliphatic heterocycles. The Morgan fingerprint density at radius 3 is 2.79 bits per heavy atom. The third-order valence-electron chi connectivity index (χ3n) is 4.08. The Balaban J connectivity index is 1.68. The van der Waals surface area contributed by atoms with Crippen LogP contribution in [0, 0.1) is 5.92 Å². The van der Waals surface area contributed by atoms with Gasteiger partial charge in [-0.3, -0.25) is 4.79 Å². The Morgan fingerprint density at radius 1 is 1.38 bits per heavy atom. The highest BCUT2D eigenvalue weighted by Crippen LogP contribution is 2.21. The number of allylic oxidation sites excluding steroid dienone is 1. The van der Waals surface area contributed by atoms with Crippen LogP contribution >= 0.6 is 0 Å². The zero-order valence-electron chi connectivity index (χ0n) is 13.8. The molecule has 0 bridgehead atoms. The summed E-state index contributed by atoms with van der Waals surface area (Å²) in [4.78, 5) is 16.7. The Morgan fingerprint density at radius 2 is 2.12 bits per heavy atom. The van der Waals surface area contributed by atoms with Crippen LogP contribution in [0.5, 0.6) is 0 Å². The number of carbonyl (C=O) groups is 1. The van der Waals surface area contributed by atoms with Crippen LogP contribution < -0.4 is 5.32 Å². The number of nitrogens with zero attached hydrogens (tertiary/aromatic N) is 2. The summed E-state index contributed by atoms with van der Waals surface area (Å²) in [6.45, 7) is 4.48. The van der Waals surface area contributed by atoms with Crippen LogP contribution in [0.2, 0.25) is 0 Å². The predicted octanol–water partition coefficient (Wildman–Crippen LogP) is 2.18. The zero-order chi connectivity index (χ0) is 17.3. The van der Waals surface area contributed by atoms with E-state index in [1.54, 1.807) is 6.08 Å². The van der Waals surface area contributed by atoms with Gasteiger partial charge in [0.2, 0.25) is 5.91 Å². The van der Waals surface area contributed by atoms with Crippen LogP contribution in [-0.2, 0) is 21.2 Å². The zero-order valence-corrected chi connectivity index (χ0v) is 14.6. The number of nitrogens with one attached hydrogen (secondary N) is 1. The number of rotatable bonds is 5. The lowest BCUT2D eigenvalue weighted by atomic mass is 10.1. The van der Waals surface area contributed by atoms with Crippen molar-refractivity contribution in [1.29, 1.82) is 0 Å². The van der Waals surface area contributed by atoms with Gasteiger partial charge in [0.25, 0.3) is 0 Å². The number of carbonyl (C=O) groups excluding carboxylic acids is 1. The average Bonchev–Trinajstić information content (AvgIpc) is 3.04. The maximum atomic E-state index is 12.1. The number of para-hydroxylation sites is 2. The molecule has 1 aromatic carbocycles. The molecule has 1 unspecified atom stereocenters. The molecule has 0 saturated carbocycles. The minimum absolute atomic E-state index is 0.0188. The second-order valence-electron chi connectivity index (χ2n) is 6.38. The van der Waals surface area contributed by atoms with Crippen LogP contribution in [0.3, 0.4) is 0 Å². The Hall–Kier alpha value is -2.15. The molecular weight excluding hydrogens is 326 g/mol. The number of sulfone groups is 1. The van der Waals surface area contributed by atoms with Crippen LogP contribution in [0.1, 0.15) is 32.1 Å². The van der Waals surface area contributed by atoms with Gasteiger partial charge in [0.05, 0.1) is 23.3 Å². The van der Waals surface area contributed by atoms with Crippen LogP contribution in [0.15, 0.2) is 35.7 Å². The maximum Gasteiger partial charge on any atom is 0.220 e. The third kappa shape index (κ3) is 3.51. The molecule has 1 atom stereocenters. The molecule has 0 aliphatic carbocycles. The smallest absolute Gasteiger partial charge is 0.220 e. The molecule has 1 aliphatic rings. The number of fused-ring (bicyclic) bond motifs is 1. The van der Waals surface area contributed by atoms with Gasteiger partial charge in [-0.1, -0.05) is 18.2 Å². The van der Waals surface area contributed by atoms with Gasteiger partial charge < -0.3 is 9.88 Å². The first-order valence-corrected chi connectivity index (χ1v) is 9.71. The summed E-state index contributed by atoms with van der Waals surface area (Å²) < 4.78 is 24.9. The van der Waals surface area contributed by atoms with Crippen molar-refractivity contribution in [2.24, 2.45) is 5.92 Å². The van der Waals surface area contributed by atoms with Crippen molar-refractivity contribution in [3.8, 4) is 0 Å². The van der Waals surface area contributed by atoms with Crippen molar-refractivity contribution < 1.29 is 13.2 Å². The quantitative estimate of drug-likeness (QED) is 0.899. The topological polar surface area (TPSA) is 81.1 Å². The molecule has 0 fully saturated rings. The van der Waals surface area contributed by atoms with E-state index >= 15 is 0 Å². The SMILES string of the molecule is CC(C)n1c(CNC(=O)CC2C=CS(=O)(=O)C2)nc2ccccc21. The highest BCUT2D eigenvalue weighted by Gasteiger charge is 2.24. The number of hydrogen-bond acceptors (Lipinski definition) is 4. The van der Waals surface area contributed by atoms with E-state index in [9.17, 15) is 13.2 Å².